The van der Waals surface area contributed by atoms with Crippen molar-refractivity contribution in [3.63, 3.8) is 0 Å². The Morgan fingerprint density at radius 1 is 1.40 bits per heavy atom. The lowest BCUT2D eigenvalue weighted by Gasteiger charge is -2.37. The van der Waals surface area contributed by atoms with Gasteiger partial charge in [-0.25, -0.2) is 11.6 Å². The first-order valence-corrected chi connectivity index (χ1v) is 6.31. The molecule has 1 N–H and O–H groups in total. The Morgan fingerprint density at radius 2 is 2.20 bits per heavy atom. The highest BCUT2D eigenvalue weighted by molar-refractivity contribution is 8.19. The smallest absolute Gasteiger partial charge is 0.161 e. The van der Waals surface area contributed by atoms with E-state index in [0.29, 0.717) is 6.04 Å². The normalized spacial score (nSPS) is 21.6. The molecule has 1 aromatic carbocycles. The maximum absolute atomic E-state index is 5.56. The Morgan fingerprint density at radius 3 is 2.93 bits per heavy atom. The topological polar surface area (TPSA) is 15.3 Å². The molecule has 0 spiro atoms. The summed E-state index contributed by atoms with van der Waals surface area (Å²) in [6.45, 7) is 3.15. The lowest BCUT2D eigenvalue weighted by molar-refractivity contribution is 0.506. The van der Waals surface area contributed by atoms with Gasteiger partial charge in [0.05, 0.1) is 0 Å². The molecule has 1 fully saturated rings. The van der Waals surface area contributed by atoms with Crippen molar-refractivity contribution in [2.75, 3.05) is 30.3 Å². The van der Waals surface area contributed by atoms with Crippen LogP contribution in [0, 0.1) is 0 Å². The first kappa shape index (κ1) is 10.9. The highest BCUT2D eigenvalue weighted by Gasteiger charge is 2.21. The summed E-state index contributed by atoms with van der Waals surface area (Å²) < 4.78 is 0. The Kier molecular flexibility index (Phi) is 3.97. The van der Waals surface area contributed by atoms with E-state index < -0.39 is 0 Å². The van der Waals surface area contributed by atoms with Crippen molar-refractivity contribution >= 4 is 24.4 Å². The number of rotatable bonds is 3. The van der Waals surface area contributed by atoms with E-state index >= 15 is 0 Å². The third-order valence-electron chi connectivity index (χ3n) is 2.73. The van der Waals surface area contributed by atoms with E-state index in [9.17, 15) is 0 Å². The zero-order valence-electron chi connectivity index (χ0n) is 8.73. The number of hydrogen-bond donors (Lipinski definition) is 1. The van der Waals surface area contributed by atoms with E-state index in [2.05, 4.69) is 40.5 Å². The van der Waals surface area contributed by atoms with E-state index in [-0.39, 0.29) is 0 Å². The maximum Gasteiger partial charge on any atom is 0.161 e. The van der Waals surface area contributed by atoms with Gasteiger partial charge in [-0.3, -0.25) is 0 Å². The molecular formula is C11H15BN2S. The largest absolute Gasteiger partial charge is 0.365 e. The second-order valence-corrected chi connectivity index (χ2v) is 4.39. The van der Waals surface area contributed by atoms with Crippen molar-refractivity contribution < 1.29 is 0 Å². The van der Waals surface area contributed by atoms with Gasteiger partial charge in [0.2, 0.25) is 0 Å². The lowest BCUT2D eigenvalue weighted by Crippen LogP contribution is -2.52. The minimum absolute atomic E-state index is 0.510. The molecule has 2 rings (SSSR count). The van der Waals surface area contributed by atoms with Crippen molar-refractivity contribution in [1.29, 1.82) is 0 Å². The first-order chi connectivity index (χ1) is 7.42. The molecule has 1 unspecified atom stereocenters. The van der Waals surface area contributed by atoms with Gasteiger partial charge in [0, 0.05) is 37.1 Å². The van der Waals surface area contributed by atoms with Gasteiger partial charge < -0.3 is 10.2 Å². The molecule has 1 aliphatic heterocycles. The summed E-state index contributed by atoms with van der Waals surface area (Å²) in [5, 5.41) is 3.41. The summed E-state index contributed by atoms with van der Waals surface area (Å²) >= 11 is 1.42. The third-order valence-corrected chi connectivity index (χ3v) is 3.30. The molecule has 0 saturated carbocycles. The third kappa shape index (κ3) is 2.70. The van der Waals surface area contributed by atoms with E-state index in [4.69, 9.17) is 7.12 Å². The summed E-state index contributed by atoms with van der Waals surface area (Å²) in [6.07, 6.45) is 0. The van der Waals surface area contributed by atoms with Gasteiger partial charge in [0.15, 0.2) is 7.12 Å². The maximum atomic E-state index is 5.56. The van der Waals surface area contributed by atoms with Crippen LogP contribution in [0.3, 0.4) is 0 Å². The Balaban J connectivity index is 2.11. The van der Waals surface area contributed by atoms with Crippen LogP contribution in [0.15, 0.2) is 30.3 Å². The number of hydrogen-bond acceptors (Lipinski definition) is 3. The average Bonchev–Trinajstić information content (AvgIpc) is 2.31. The number of benzene rings is 1. The zero-order valence-corrected chi connectivity index (χ0v) is 9.54. The quantitative estimate of drug-likeness (QED) is 0.769. The van der Waals surface area contributed by atoms with E-state index in [0.717, 1.165) is 25.4 Å². The van der Waals surface area contributed by atoms with Crippen LogP contribution >= 0.6 is 11.6 Å². The minimum Gasteiger partial charge on any atom is -0.365 e. The van der Waals surface area contributed by atoms with Crippen LogP contribution in [0.4, 0.5) is 5.69 Å². The molecule has 1 aliphatic rings. The Hall–Kier alpha value is -0.605. The van der Waals surface area contributed by atoms with Gasteiger partial charge in [0.25, 0.3) is 0 Å². The van der Waals surface area contributed by atoms with Crippen molar-refractivity contribution in [2.45, 2.75) is 6.04 Å². The van der Waals surface area contributed by atoms with Gasteiger partial charge in [-0.05, 0) is 12.1 Å². The summed E-state index contributed by atoms with van der Waals surface area (Å²) in [5.74, 6) is 0.974. The minimum atomic E-state index is 0.510. The second-order valence-electron chi connectivity index (χ2n) is 3.72. The summed E-state index contributed by atoms with van der Waals surface area (Å²) in [6, 6.07) is 11.1. The fourth-order valence-electron chi connectivity index (χ4n) is 1.98. The average molecular weight is 218 g/mol. The standard InChI is InChI=1S/C11H15BN2S/c12-15-9-11-8-13-6-7-14(11)10-4-2-1-3-5-10/h1-5,11,13H,6-9H2. The number of para-hydroxylation sites is 1. The Bertz CT molecular complexity index is 292. The second kappa shape index (κ2) is 5.47. The van der Waals surface area contributed by atoms with Crippen molar-refractivity contribution in [1.82, 2.24) is 5.32 Å². The highest BCUT2D eigenvalue weighted by Crippen LogP contribution is 2.19. The van der Waals surface area contributed by atoms with Crippen LogP contribution in [0.2, 0.25) is 0 Å². The molecule has 1 saturated heterocycles. The molecule has 2 nitrogen and oxygen atoms in total. The van der Waals surface area contributed by atoms with Crippen LogP contribution in [0.1, 0.15) is 0 Å². The van der Waals surface area contributed by atoms with Gasteiger partial charge in [-0.15, -0.1) is 0 Å². The lowest BCUT2D eigenvalue weighted by atomic mass is 10.2. The van der Waals surface area contributed by atoms with Crippen LogP contribution in [0.25, 0.3) is 0 Å². The Labute approximate surface area is 96.7 Å². The summed E-state index contributed by atoms with van der Waals surface area (Å²) in [4.78, 5) is 2.44. The van der Waals surface area contributed by atoms with E-state index in [1.165, 1.54) is 17.3 Å². The predicted octanol–water partition coefficient (Wildman–Crippen LogP) is 1.28. The molecule has 2 radical (unpaired) electrons. The molecule has 4 heteroatoms. The van der Waals surface area contributed by atoms with Gasteiger partial charge in [0.1, 0.15) is 0 Å². The molecule has 1 atom stereocenters. The molecule has 15 heavy (non-hydrogen) atoms. The molecule has 0 aromatic heterocycles. The molecule has 0 aliphatic carbocycles. The molecule has 0 bridgehead atoms. The van der Waals surface area contributed by atoms with Crippen LogP contribution in [-0.2, 0) is 0 Å². The van der Waals surface area contributed by atoms with Crippen molar-refractivity contribution in [3.8, 4) is 0 Å². The monoisotopic (exact) mass is 218 g/mol. The first-order valence-electron chi connectivity index (χ1n) is 5.26. The van der Waals surface area contributed by atoms with Crippen molar-refractivity contribution in [3.05, 3.63) is 30.3 Å². The summed E-state index contributed by atoms with van der Waals surface area (Å²) in [5.41, 5.74) is 1.30. The van der Waals surface area contributed by atoms with Gasteiger partial charge in [-0.1, -0.05) is 18.2 Å². The van der Waals surface area contributed by atoms with E-state index in [1.54, 1.807) is 0 Å². The number of nitrogens with one attached hydrogen (secondary N) is 1. The number of piperazine rings is 1. The van der Waals surface area contributed by atoms with Gasteiger partial charge >= 0.3 is 0 Å². The number of anilines is 1. The van der Waals surface area contributed by atoms with E-state index in [1.807, 2.05) is 0 Å². The molecular weight excluding hydrogens is 203 g/mol. The summed E-state index contributed by atoms with van der Waals surface area (Å²) in [7, 11) is 5.56. The predicted molar refractivity (Wildman–Crippen MR) is 68.7 cm³/mol. The fourth-order valence-corrected chi connectivity index (χ4v) is 2.50. The van der Waals surface area contributed by atoms with Crippen molar-refractivity contribution in [2.24, 2.45) is 0 Å². The molecule has 1 aromatic rings. The fraction of sp³-hybridized carbons (Fsp3) is 0.455. The SMILES string of the molecule is [B]SCC1CNCCN1c1ccccc1. The molecule has 0 amide bonds. The van der Waals surface area contributed by atoms with Crippen LogP contribution in [0.5, 0.6) is 0 Å². The highest BCUT2D eigenvalue weighted by atomic mass is 32.2. The molecule has 78 valence electrons. The molecule has 1 heterocycles. The zero-order chi connectivity index (χ0) is 10.5. The number of nitrogens with zero attached hydrogens (tertiary/aromatic N) is 1. The van der Waals surface area contributed by atoms with Crippen LogP contribution < -0.4 is 10.2 Å². The van der Waals surface area contributed by atoms with Gasteiger partial charge in [-0.2, -0.15) is 0 Å². The van der Waals surface area contributed by atoms with Crippen LogP contribution in [-0.4, -0.2) is 38.6 Å².